The second-order valence-corrected chi connectivity index (χ2v) is 17.1. The predicted octanol–water partition coefficient (Wildman–Crippen LogP) is 7.90. The molecule has 0 radical (unpaired) electrons. The number of aromatic amines is 1. The molecule has 4 heterocycles. The molecule has 15 heteroatoms. The molecule has 3 aromatic heterocycles. The summed E-state index contributed by atoms with van der Waals surface area (Å²) in [6.07, 6.45) is 12.0. The van der Waals surface area contributed by atoms with Crippen molar-refractivity contribution in [1.82, 2.24) is 24.2 Å². The molecule has 1 aliphatic heterocycles. The van der Waals surface area contributed by atoms with E-state index in [2.05, 4.69) is 41.8 Å². The lowest BCUT2D eigenvalue weighted by Gasteiger charge is -2.47. The molecule has 1 saturated heterocycles. The van der Waals surface area contributed by atoms with Crippen molar-refractivity contribution in [2.24, 2.45) is 10.6 Å². The van der Waals surface area contributed by atoms with Gasteiger partial charge in [0.1, 0.15) is 22.0 Å². The first-order chi connectivity index (χ1) is 27.1. The number of amides is 1. The van der Waals surface area contributed by atoms with Crippen LogP contribution in [0, 0.1) is 10.3 Å². The first-order valence-electron chi connectivity index (χ1n) is 18.9. The van der Waals surface area contributed by atoms with Crippen LogP contribution < -0.4 is 14.4 Å². The van der Waals surface area contributed by atoms with Gasteiger partial charge in [0.15, 0.2) is 5.82 Å². The Hall–Kier alpha value is -5.02. The SMILES string of the molecule is COCCn1cc(S(=O)(=O)NC(=O)c2ccc(N3CCN(CC4=C(c5ccc(Cl)cc5)CC5(CCC5)CC4)CC3)cc2Oc2cnc3[nH]ccc3c2)cc1N=O. The van der Waals surface area contributed by atoms with Crippen molar-refractivity contribution in [3.8, 4) is 11.5 Å². The molecule has 2 aliphatic carbocycles. The summed E-state index contributed by atoms with van der Waals surface area (Å²) in [5.74, 6) is -0.435. The number of carbonyl (C=O) groups excluding carboxylic acids is 1. The van der Waals surface area contributed by atoms with Gasteiger partial charge in [0.05, 0.1) is 18.4 Å². The maximum absolute atomic E-state index is 13.7. The summed E-state index contributed by atoms with van der Waals surface area (Å²) in [5, 5.41) is 4.50. The quantitative estimate of drug-likeness (QED) is 0.113. The zero-order chi connectivity index (χ0) is 38.9. The number of piperazine rings is 1. The van der Waals surface area contributed by atoms with E-state index in [1.807, 2.05) is 24.3 Å². The fourth-order valence-electron chi connectivity index (χ4n) is 8.20. The van der Waals surface area contributed by atoms with Gasteiger partial charge in [-0.3, -0.25) is 9.69 Å². The highest BCUT2D eigenvalue weighted by atomic mass is 35.5. The van der Waals surface area contributed by atoms with Crippen molar-refractivity contribution in [3.63, 3.8) is 0 Å². The monoisotopic (exact) mass is 797 g/mol. The number of nitrogens with zero attached hydrogens (tertiary/aromatic N) is 5. The van der Waals surface area contributed by atoms with Gasteiger partial charge in [-0.1, -0.05) is 35.7 Å². The summed E-state index contributed by atoms with van der Waals surface area (Å²) in [4.78, 5) is 37.1. The number of nitrogens with one attached hydrogen (secondary N) is 2. The summed E-state index contributed by atoms with van der Waals surface area (Å²) in [5.41, 5.74) is 6.30. The molecular weight excluding hydrogens is 754 g/mol. The molecule has 56 heavy (non-hydrogen) atoms. The minimum absolute atomic E-state index is 0.0147. The van der Waals surface area contributed by atoms with E-state index >= 15 is 0 Å². The largest absolute Gasteiger partial charge is 0.455 e. The van der Waals surface area contributed by atoms with E-state index < -0.39 is 15.9 Å². The molecule has 2 fully saturated rings. The number of pyridine rings is 1. The Kier molecular flexibility index (Phi) is 10.7. The van der Waals surface area contributed by atoms with Gasteiger partial charge < -0.3 is 23.9 Å². The number of ether oxygens (including phenoxy) is 2. The van der Waals surface area contributed by atoms with E-state index in [9.17, 15) is 18.1 Å². The summed E-state index contributed by atoms with van der Waals surface area (Å²) in [6, 6.07) is 18.3. The van der Waals surface area contributed by atoms with Crippen LogP contribution >= 0.6 is 11.6 Å². The van der Waals surface area contributed by atoms with Crippen LogP contribution in [0.15, 0.2) is 94.9 Å². The molecule has 0 unspecified atom stereocenters. The maximum Gasteiger partial charge on any atom is 0.268 e. The smallest absolute Gasteiger partial charge is 0.268 e. The number of sulfonamides is 1. The van der Waals surface area contributed by atoms with Crippen molar-refractivity contribution in [2.75, 3.05) is 51.3 Å². The topological polar surface area (TPSA) is 151 Å². The van der Waals surface area contributed by atoms with E-state index in [1.165, 1.54) is 60.3 Å². The Labute approximate surface area is 330 Å². The average molecular weight is 798 g/mol. The molecule has 13 nitrogen and oxygen atoms in total. The molecular formula is C41H44ClN7O6S. The number of benzene rings is 2. The molecule has 1 saturated carbocycles. The summed E-state index contributed by atoms with van der Waals surface area (Å²) in [7, 11) is -2.90. The van der Waals surface area contributed by atoms with Gasteiger partial charge in [-0.05, 0) is 90.2 Å². The molecule has 3 aliphatic rings. The zero-order valence-electron chi connectivity index (χ0n) is 31.2. The van der Waals surface area contributed by atoms with Gasteiger partial charge >= 0.3 is 0 Å². The number of carbonyl (C=O) groups is 1. The van der Waals surface area contributed by atoms with Crippen LogP contribution in [-0.2, 0) is 21.3 Å². The number of fused-ring (bicyclic) bond motifs is 1. The molecule has 1 amide bonds. The minimum Gasteiger partial charge on any atom is -0.455 e. The molecule has 0 atom stereocenters. The van der Waals surface area contributed by atoms with Gasteiger partial charge in [0.2, 0.25) is 0 Å². The average Bonchev–Trinajstić information content (AvgIpc) is 3.84. The van der Waals surface area contributed by atoms with Crippen LogP contribution in [0.25, 0.3) is 16.6 Å². The number of H-pyrrole nitrogens is 1. The first-order valence-corrected chi connectivity index (χ1v) is 20.8. The lowest BCUT2D eigenvalue weighted by molar-refractivity contribution is 0.0979. The summed E-state index contributed by atoms with van der Waals surface area (Å²) in [6.45, 7) is 4.60. The van der Waals surface area contributed by atoms with Crippen LogP contribution in [0.2, 0.25) is 5.02 Å². The van der Waals surface area contributed by atoms with Crippen LogP contribution in [0.4, 0.5) is 11.5 Å². The van der Waals surface area contributed by atoms with Crippen LogP contribution in [-0.4, -0.2) is 80.2 Å². The second-order valence-electron chi connectivity index (χ2n) is 15.0. The molecule has 1 spiro atoms. The maximum atomic E-state index is 13.7. The van der Waals surface area contributed by atoms with Gasteiger partial charge in [-0.15, -0.1) is 4.91 Å². The van der Waals surface area contributed by atoms with Crippen molar-refractivity contribution in [1.29, 1.82) is 0 Å². The second kappa shape index (κ2) is 15.8. The molecule has 5 aromatic rings. The number of anilines is 1. The number of methoxy groups -OCH3 is 1. The van der Waals surface area contributed by atoms with Crippen molar-refractivity contribution < 1.29 is 22.7 Å². The third kappa shape index (κ3) is 7.97. The lowest BCUT2D eigenvalue weighted by atomic mass is 9.59. The number of hydrogen-bond donors (Lipinski definition) is 2. The number of hydrogen-bond acceptors (Lipinski definition) is 10. The Balaban J connectivity index is 1.01. The molecule has 292 valence electrons. The summed E-state index contributed by atoms with van der Waals surface area (Å²) >= 11 is 6.26. The molecule has 2 N–H and O–H groups in total. The number of allylic oxidation sites excluding steroid dienone is 1. The van der Waals surface area contributed by atoms with Crippen molar-refractivity contribution >= 4 is 55.6 Å². The first kappa shape index (κ1) is 37.9. The lowest BCUT2D eigenvalue weighted by Crippen LogP contribution is -2.47. The fraction of sp³-hybridized carbons (Fsp3) is 0.366. The van der Waals surface area contributed by atoms with Crippen LogP contribution in [0.5, 0.6) is 11.5 Å². The third-order valence-corrected chi connectivity index (χ3v) is 13.1. The van der Waals surface area contributed by atoms with E-state index in [4.69, 9.17) is 21.1 Å². The van der Waals surface area contributed by atoms with E-state index in [0.717, 1.165) is 67.7 Å². The molecule has 0 bridgehead atoms. The zero-order valence-corrected chi connectivity index (χ0v) is 32.7. The summed E-state index contributed by atoms with van der Waals surface area (Å²) < 4.78 is 41.7. The number of nitroso groups, excluding NO2 is 1. The van der Waals surface area contributed by atoms with Crippen molar-refractivity contribution in [3.05, 3.63) is 106 Å². The van der Waals surface area contributed by atoms with E-state index in [1.54, 1.807) is 30.6 Å². The fourth-order valence-corrected chi connectivity index (χ4v) is 9.33. The predicted molar refractivity (Wildman–Crippen MR) is 216 cm³/mol. The third-order valence-electron chi connectivity index (χ3n) is 11.5. The highest BCUT2D eigenvalue weighted by Gasteiger charge is 2.41. The minimum atomic E-state index is -4.39. The Morgan fingerprint density at radius 1 is 1.04 bits per heavy atom. The highest BCUT2D eigenvalue weighted by Crippen LogP contribution is 2.55. The number of aromatic nitrogens is 3. The van der Waals surface area contributed by atoms with Crippen LogP contribution in [0.1, 0.15) is 54.4 Å². The van der Waals surface area contributed by atoms with Gasteiger partial charge in [-0.2, -0.15) is 0 Å². The van der Waals surface area contributed by atoms with Gasteiger partial charge in [-0.25, -0.2) is 18.1 Å². The van der Waals surface area contributed by atoms with E-state index in [-0.39, 0.29) is 35.2 Å². The normalized spacial score (nSPS) is 17.3. The van der Waals surface area contributed by atoms with Gasteiger partial charge in [0, 0.05) is 87.0 Å². The number of rotatable bonds is 13. The van der Waals surface area contributed by atoms with E-state index in [0.29, 0.717) is 16.8 Å². The van der Waals surface area contributed by atoms with Gasteiger partial charge in [0.25, 0.3) is 15.9 Å². The Morgan fingerprint density at radius 2 is 1.84 bits per heavy atom. The molecule has 2 aromatic carbocycles. The number of halogens is 1. The van der Waals surface area contributed by atoms with Crippen LogP contribution in [0.3, 0.4) is 0 Å². The highest BCUT2D eigenvalue weighted by molar-refractivity contribution is 7.90. The van der Waals surface area contributed by atoms with Crippen molar-refractivity contribution in [2.45, 2.75) is 50.0 Å². The Morgan fingerprint density at radius 3 is 2.57 bits per heavy atom. The standard InChI is InChI=1S/C41H44ClN7O6S/c1-54-20-19-49-27-34(23-38(49)45-51)56(52,53)46-40(50)35-8-7-32(22-37(35)55-33-21-29-10-14-43-39(29)44-25-33)48-17-15-47(16-18-48)26-30-9-13-41(11-2-12-41)24-36(30)28-3-5-31(42)6-4-28/h3-8,10,14,21-23,25,27H,2,9,11-13,15-20,24,26H2,1H3,(H,43,44)(H,46,50). The Bertz CT molecular complexity index is 2400. The molecule has 8 rings (SSSR count).